The second-order valence-electron chi connectivity index (χ2n) is 8.21. The lowest BCUT2D eigenvalue weighted by Crippen LogP contribution is -2.68. The smallest absolute Gasteiger partial charge is 0.320 e. The third-order valence-electron chi connectivity index (χ3n) is 6.35. The third-order valence-corrected chi connectivity index (χ3v) is 6.35. The van der Waals surface area contributed by atoms with Crippen LogP contribution in [0.3, 0.4) is 0 Å². The lowest BCUT2D eigenvalue weighted by molar-refractivity contribution is -0.352. The van der Waals surface area contributed by atoms with Crippen molar-refractivity contribution in [2.75, 3.05) is 26.2 Å². The van der Waals surface area contributed by atoms with Gasteiger partial charge in [0.15, 0.2) is 0 Å². The van der Waals surface area contributed by atoms with Crippen LogP contribution in [0.2, 0.25) is 0 Å². The Kier molecular flexibility index (Phi) is 5.20. The molecule has 2 aromatic rings. The normalized spacial score (nSPS) is 30.0. The molecule has 0 saturated carbocycles. The average Bonchev–Trinajstić information content (AvgIpc) is 3.27. The summed E-state index contributed by atoms with van der Waals surface area (Å²) in [6.07, 6.45) is -5.62. The van der Waals surface area contributed by atoms with Crippen molar-refractivity contribution in [1.82, 2.24) is 15.1 Å². The molecule has 170 valence electrons. The molecule has 3 aliphatic rings. The molecule has 0 spiro atoms. The molecule has 2 aromatic carbocycles. The van der Waals surface area contributed by atoms with E-state index in [2.05, 4.69) is 10.1 Å². The van der Waals surface area contributed by atoms with E-state index in [0.29, 0.717) is 19.2 Å². The van der Waals surface area contributed by atoms with Gasteiger partial charge in [0.2, 0.25) is 5.91 Å². The molecular weight excluding hydrogens is 430 g/mol. The van der Waals surface area contributed by atoms with Crippen molar-refractivity contribution < 1.29 is 31.8 Å². The van der Waals surface area contributed by atoms with Crippen molar-refractivity contribution in [3.63, 3.8) is 0 Å². The Morgan fingerprint density at radius 3 is 2.47 bits per heavy atom. The van der Waals surface area contributed by atoms with Crippen LogP contribution >= 0.6 is 0 Å². The number of rotatable bonds is 4. The molecular formula is C22H21F4N3O3. The number of hydrogen-bond acceptors (Lipinski definition) is 5. The number of piperazine rings is 1. The Bertz CT molecular complexity index is 1000. The Morgan fingerprint density at radius 1 is 1.09 bits per heavy atom. The summed E-state index contributed by atoms with van der Waals surface area (Å²) in [7, 11) is 0. The number of carbonyl (C=O) groups excluding carboxylic acids is 1. The maximum atomic E-state index is 14.2. The van der Waals surface area contributed by atoms with Gasteiger partial charge >= 0.3 is 6.29 Å². The fraction of sp³-hybridized carbons (Fsp3) is 0.409. The topological polar surface area (TPSA) is 54.0 Å². The molecule has 3 fully saturated rings. The summed E-state index contributed by atoms with van der Waals surface area (Å²) >= 11 is 0. The Hall–Kier alpha value is -2.53. The van der Waals surface area contributed by atoms with E-state index in [1.165, 1.54) is 0 Å². The molecule has 1 N–H and O–H groups in total. The van der Waals surface area contributed by atoms with Crippen LogP contribution in [0.5, 0.6) is 0 Å². The first-order valence-electron chi connectivity index (χ1n) is 10.3. The van der Waals surface area contributed by atoms with Gasteiger partial charge in [0.05, 0.1) is 24.9 Å². The van der Waals surface area contributed by atoms with Crippen molar-refractivity contribution >= 4 is 5.91 Å². The Labute approximate surface area is 181 Å². The molecule has 3 aliphatic heterocycles. The van der Waals surface area contributed by atoms with Crippen LogP contribution in [0.25, 0.3) is 0 Å². The molecule has 0 radical (unpaired) electrons. The predicted octanol–water partition coefficient (Wildman–Crippen LogP) is 2.40. The van der Waals surface area contributed by atoms with Gasteiger partial charge in [-0.15, -0.1) is 8.78 Å². The molecule has 0 aliphatic carbocycles. The molecule has 6 nitrogen and oxygen atoms in total. The van der Waals surface area contributed by atoms with Gasteiger partial charge in [0.25, 0.3) is 0 Å². The van der Waals surface area contributed by atoms with Crippen molar-refractivity contribution in [3.8, 4) is 0 Å². The zero-order valence-corrected chi connectivity index (χ0v) is 16.9. The second kappa shape index (κ2) is 7.80. The number of alkyl halides is 2. The van der Waals surface area contributed by atoms with Crippen LogP contribution in [0.15, 0.2) is 48.5 Å². The van der Waals surface area contributed by atoms with E-state index in [-0.39, 0.29) is 24.6 Å². The lowest BCUT2D eigenvalue weighted by atomic mass is 9.80. The monoisotopic (exact) mass is 451 g/mol. The number of ether oxygens (including phenoxy) is 2. The summed E-state index contributed by atoms with van der Waals surface area (Å²) in [5, 5.41) is 3.16. The number of nitrogens with one attached hydrogen (secondary N) is 1. The minimum absolute atomic E-state index is 0.0446. The van der Waals surface area contributed by atoms with Crippen LogP contribution < -0.4 is 5.32 Å². The highest BCUT2D eigenvalue weighted by molar-refractivity contribution is 5.81. The van der Waals surface area contributed by atoms with Gasteiger partial charge in [-0.3, -0.25) is 19.2 Å². The molecule has 10 heteroatoms. The molecule has 3 atom stereocenters. The van der Waals surface area contributed by atoms with Crippen LogP contribution in [-0.2, 0) is 26.4 Å². The highest BCUT2D eigenvalue weighted by Crippen LogP contribution is 2.45. The number of amides is 1. The molecule has 3 saturated heterocycles. The minimum atomic E-state index is -3.83. The first-order chi connectivity index (χ1) is 15.3. The van der Waals surface area contributed by atoms with E-state index in [1.807, 2.05) is 30.3 Å². The highest BCUT2D eigenvalue weighted by atomic mass is 19.3. The fourth-order valence-electron chi connectivity index (χ4n) is 4.97. The zero-order chi connectivity index (χ0) is 22.5. The Morgan fingerprint density at radius 2 is 1.81 bits per heavy atom. The van der Waals surface area contributed by atoms with Gasteiger partial charge in [0.1, 0.15) is 17.7 Å². The number of halogens is 4. The van der Waals surface area contributed by atoms with Gasteiger partial charge in [-0.2, -0.15) is 0 Å². The number of hydrogen-bond donors (Lipinski definition) is 1. The van der Waals surface area contributed by atoms with Gasteiger partial charge in [-0.05, 0) is 23.3 Å². The quantitative estimate of drug-likeness (QED) is 0.724. The van der Waals surface area contributed by atoms with Crippen molar-refractivity contribution in [2.24, 2.45) is 0 Å². The van der Waals surface area contributed by atoms with Gasteiger partial charge < -0.3 is 10.2 Å². The van der Waals surface area contributed by atoms with Gasteiger partial charge in [-0.1, -0.05) is 30.3 Å². The van der Waals surface area contributed by atoms with E-state index in [9.17, 15) is 22.4 Å². The maximum absolute atomic E-state index is 14.2. The molecule has 0 aromatic heterocycles. The first kappa shape index (κ1) is 21.3. The lowest BCUT2D eigenvalue weighted by Gasteiger charge is -2.51. The van der Waals surface area contributed by atoms with E-state index >= 15 is 0 Å². The summed E-state index contributed by atoms with van der Waals surface area (Å²) in [6, 6.07) is 12.3. The average molecular weight is 451 g/mol. The van der Waals surface area contributed by atoms with E-state index in [0.717, 1.165) is 17.7 Å². The minimum Gasteiger partial charge on any atom is -0.320 e. The maximum Gasteiger partial charge on any atom is 0.486 e. The van der Waals surface area contributed by atoms with Crippen LogP contribution in [0, 0.1) is 11.6 Å². The predicted molar refractivity (Wildman–Crippen MR) is 104 cm³/mol. The molecule has 5 rings (SSSR count). The molecule has 0 bridgehead atoms. The summed E-state index contributed by atoms with van der Waals surface area (Å²) in [5.41, 5.74) is -0.442. The van der Waals surface area contributed by atoms with Crippen LogP contribution in [-0.4, -0.2) is 60.5 Å². The molecule has 3 heterocycles. The van der Waals surface area contributed by atoms with E-state index < -0.39 is 42.3 Å². The molecule has 3 unspecified atom stereocenters. The van der Waals surface area contributed by atoms with Gasteiger partial charge in [0, 0.05) is 25.7 Å². The number of benzene rings is 2. The summed E-state index contributed by atoms with van der Waals surface area (Å²) < 4.78 is 65.6. The van der Waals surface area contributed by atoms with Crippen LogP contribution in [0.1, 0.15) is 11.1 Å². The third kappa shape index (κ3) is 3.57. The van der Waals surface area contributed by atoms with Crippen molar-refractivity contribution in [1.29, 1.82) is 0 Å². The standard InChI is InChI=1S/C22H21F4N3O3/c23-16-6-15(7-17(24)8-16)21(18-12-31-22(25,26)32-18)13-27-9-19-28(20(30)11-29(19)21)10-14-4-2-1-3-5-14/h1-8,18-19,27H,9-13H2. The summed E-state index contributed by atoms with van der Waals surface area (Å²) in [6.45, 7) is 0.116. The Balaban J connectivity index is 1.57. The van der Waals surface area contributed by atoms with Crippen molar-refractivity contribution in [3.05, 3.63) is 71.3 Å². The number of fused-ring (bicyclic) bond motifs is 1. The summed E-state index contributed by atoms with van der Waals surface area (Å²) in [4.78, 5) is 16.4. The van der Waals surface area contributed by atoms with Crippen LogP contribution in [0.4, 0.5) is 17.6 Å². The highest BCUT2D eigenvalue weighted by Gasteiger charge is 2.61. The number of carbonyl (C=O) groups is 1. The zero-order valence-electron chi connectivity index (χ0n) is 16.9. The SMILES string of the molecule is O=C1CN2C(CNCC2(c2cc(F)cc(F)c2)C2COC(F)(F)O2)N1Cc1ccccc1. The van der Waals surface area contributed by atoms with Crippen molar-refractivity contribution in [2.45, 2.75) is 30.6 Å². The second-order valence-corrected chi connectivity index (χ2v) is 8.21. The van der Waals surface area contributed by atoms with E-state index in [1.54, 1.807) is 9.80 Å². The van der Waals surface area contributed by atoms with Gasteiger partial charge in [-0.25, -0.2) is 8.78 Å². The first-order valence-corrected chi connectivity index (χ1v) is 10.3. The van der Waals surface area contributed by atoms with E-state index in [4.69, 9.17) is 4.74 Å². The molecule has 32 heavy (non-hydrogen) atoms. The fourth-order valence-corrected chi connectivity index (χ4v) is 4.97. The largest absolute Gasteiger partial charge is 0.486 e. The molecule has 1 amide bonds. The number of nitrogens with zero attached hydrogens (tertiary/aromatic N) is 2. The summed E-state index contributed by atoms with van der Waals surface area (Å²) in [5.74, 6) is -1.91.